The van der Waals surface area contributed by atoms with E-state index in [-0.39, 0.29) is 6.61 Å². The second kappa shape index (κ2) is 9.22. The molecule has 1 fully saturated rings. The van der Waals surface area contributed by atoms with Crippen LogP contribution in [0.2, 0.25) is 0 Å². The van der Waals surface area contributed by atoms with Gasteiger partial charge in [0.05, 0.1) is 19.3 Å². The predicted octanol–water partition coefficient (Wildman–Crippen LogP) is 2.98. The van der Waals surface area contributed by atoms with Crippen LogP contribution in [0, 0.1) is 0 Å². The fraction of sp³-hybridized carbons (Fsp3) is 0.455. The van der Waals surface area contributed by atoms with Crippen molar-refractivity contribution in [2.24, 2.45) is 0 Å². The van der Waals surface area contributed by atoms with Crippen LogP contribution < -0.4 is 9.47 Å². The van der Waals surface area contributed by atoms with Crippen LogP contribution in [0.25, 0.3) is 0 Å². The topological polar surface area (TPSA) is 62.2 Å². The van der Waals surface area contributed by atoms with Crippen molar-refractivity contribution >= 4 is 0 Å². The number of hydrogen-bond donors (Lipinski definition) is 2. The molecule has 0 bridgehead atoms. The Balaban J connectivity index is 1.56. The summed E-state index contributed by atoms with van der Waals surface area (Å²) in [4.78, 5) is 2.35. The number of nitrogens with zero attached hydrogens (tertiary/aromatic N) is 1. The molecule has 0 aromatic heterocycles. The van der Waals surface area contributed by atoms with E-state index in [9.17, 15) is 10.2 Å². The van der Waals surface area contributed by atoms with Gasteiger partial charge in [-0.3, -0.25) is 4.90 Å². The van der Waals surface area contributed by atoms with Gasteiger partial charge in [-0.15, -0.1) is 0 Å². The van der Waals surface area contributed by atoms with Gasteiger partial charge in [-0.05, 0) is 55.6 Å². The van der Waals surface area contributed by atoms with Crippen molar-refractivity contribution in [3.63, 3.8) is 0 Å². The molecule has 1 heterocycles. The predicted molar refractivity (Wildman–Crippen MR) is 105 cm³/mol. The molecule has 0 radical (unpaired) electrons. The van der Waals surface area contributed by atoms with E-state index in [1.807, 2.05) is 48.5 Å². The summed E-state index contributed by atoms with van der Waals surface area (Å²) in [6, 6.07) is 15.6. The zero-order valence-corrected chi connectivity index (χ0v) is 15.9. The number of methoxy groups -OCH3 is 1. The van der Waals surface area contributed by atoms with E-state index in [0.29, 0.717) is 18.8 Å². The van der Waals surface area contributed by atoms with Gasteiger partial charge in [0.15, 0.2) is 0 Å². The van der Waals surface area contributed by atoms with E-state index >= 15 is 0 Å². The Hall–Kier alpha value is -2.08. The molecule has 3 rings (SSSR count). The highest BCUT2D eigenvalue weighted by molar-refractivity contribution is 5.36. The van der Waals surface area contributed by atoms with Crippen LogP contribution in [0.5, 0.6) is 11.5 Å². The summed E-state index contributed by atoms with van der Waals surface area (Å²) in [5.41, 5.74) is 1.16. The summed E-state index contributed by atoms with van der Waals surface area (Å²) in [5, 5.41) is 20.5. The minimum Gasteiger partial charge on any atom is -0.496 e. The first kappa shape index (κ1) is 19.7. The fourth-order valence-electron chi connectivity index (χ4n) is 3.58. The SMILES string of the molecule is COc1ccc(CN2CCCC(O)(COc3ccccc3)CC2)cc1CO. The van der Waals surface area contributed by atoms with Gasteiger partial charge in [0, 0.05) is 18.7 Å². The van der Waals surface area contributed by atoms with E-state index in [2.05, 4.69) is 4.90 Å². The number of ether oxygens (including phenoxy) is 2. The molecule has 5 heteroatoms. The van der Waals surface area contributed by atoms with Gasteiger partial charge < -0.3 is 19.7 Å². The van der Waals surface area contributed by atoms with Gasteiger partial charge in [-0.2, -0.15) is 0 Å². The van der Waals surface area contributed by atoms with Crippen molar-refractivity contribution in [3.8, 4) is 11.5 Å². The summed E-state index contributed by atoms with van der Waals surface area (Å²) in [5.74, 6) is 1.51. The zero-order valence-electron chi connectivity index (χ0n) is 15.9. The lowest BCUT2D eigenvalue weighted by atomic mass is 9.96. The molecule has 0 amide bonds. The molecular formula is C22H29NO4. The van der Waals surface area contributed by atoms with E-state index in [1.54, 1.807) is 7.11 Å². The maximum Gasteiger partial charge on any atom is 0.124 e. The first-order valence-corrected chi connectivity index (χ1v) is 9.51. The molecule has 2 N–H and O–H groups in total. The largest absolute Gasteiger partial charge is 0.496 e. The highest BCUT2D eigenvalue weighted by Crippen LogP contribution is 2.26. The maximum absolute atomic E-state index is 10.9. The molecule has 5 nitrogen and oxygen atoms in total. The van der Waals surface area contributed by atoms with Gasteiger partial charge in [0.2, 0.25) is 0 Å². The number of para-hydroxylation sites is 1. The number of rotatable bonds is 7. The summed E-state index contributed by atoms with van der Waals surface area (Å²) < 4.78 is 11.1. The van der Waals surface area contributed by atoms with E-state index in [0.717, 1.165) is 49.4 Å². The third-order valence-corrected chi connectivity index (χ3v) is 5.18. The normalized spacial score (nSPS) is 20.9. The highest BCUT2D eigenvalue weighted by atomic mass is 16.5. The minimum absolute atomic E-state index is 0.0341. The molecule has 0 saturated carbocycles. The van der Waals surface area contributed by atoms with Crippen LogP contribution in [0.3, 0.4) is 0 Å². The zero-order chi connectivity index (χ0) is 19.1. The molecule has 1 unspecified atom stereocenters. The van der Waals surface area contributed by atoms with E-state index < -0.39 is 5.60 Å². The summed E-state index contributed by atoms with van der Waals surface area (Å²) in [6.45, 7) is 2.84. The Morgan fingerprint density at radius 3 is 2.63 bits per heavy atom. The van der Waals surface area contributed by atoms with Gasteiger partial charge in [0.1, 0.15) is 18.1 Å². The maximum atomic E-state index is 10.9. The number of aliphatic hydroxyl groups excluding tert-OH is 1. The molecule has 27 heavy (non-hydrogen) atoms. The van der Waals surface area contributed by atoms with Crippen molar-refractivity contribution in [3.05, 3.63) is 59.7 Å². The number of hydrogen-bond acceptors (Lipinski definition) is 5. The van der Waals surface area contributed by atoms with Crippen molar-refractivity contribution in [2.45, 2.75) is 38.0 Å². The fourth-order valence-corrected chi connectivity index (χ4v) is 3.58. The van der Waals surface area contributed by atoms with Crippen molar-refractivity contribution in [1.82, 2.24) is 4.90 Å². The van der Waals surface area contributed by atoms with Crippen LogP contribution in [-0.2, 0) is 13.2 Å². The quantitative estimate of drug-likeness (QED) is 0.783. The molecule has 146 valence electrons. The first-order valence-electron chi connectivity index (χ1n) is 9.51. The highest BCUT2D eigenvalue weighted by Gasteiger charge is 2.31. The smallest absolute Gasteiger partial charge is 0.124 e. The van der Waals surface area contributed by atoms with Crippen LogP contribution >= 0.6 is 0 Å². The molecule has 1 aliphatic heterocycles. The molecule has 1 atom stereocenters. The third kappa shape index (κ3) is 5.45. The van der Waals surface area contributed by atoms with Gasteiger partial charge in [-0.1, -0.05) is 24.3 Å². The Labute approximate surface area is 161 Å². The molecule has 2 aromatic rings. The average Bonchev–Trinajstić information content (AvgIpc) is 2.89. The molecule has 0 aliphatic carbocycles. The van der Waals surface area contributed by atoms with Crippen molar-refractivity contribution in [1.29, 1.82) is 0 Å². The monoisotopic (exact) mass is 371 g/mol. The average molecular weight is 371 g/mol. The van der Waals surface area contributed by atoms with Crippen LogP contribution in [0.4, 0.5) is 0 Å². The molecule has 0 spiro atoms. The van der Waals surface area contributed by atoms with Crippen molar-refractivity contribution in [2.75, 3.05) is 26.8 Å². The van der Waals surface area contributed by atoms with Crippen LogP contribution in [0.1, 0.15) is 30.4 Å². The lowest BCUT2D eigenvalue weighted by Crippen LogP contribution is -2.37. The van der Waals surface area contributed by atoms with E-state index in [1.165, 1.54) is 0 Å². The van der Waals surface area contributed by atoms with Gasteiger partial charge >= 0.3 is 0 Å². The molecule has 1 saturated heterocycles. The molecule has 2 aromatic carbocycles. The minimum atomic E-state index is -0.791. The number of likely N-dealkylation sites (tertiary alicyclic amines) is 1. The molecular weight excluding hydrogens is 342 g/mol. The number of aliphatic hydroxyl groups is 2. The lowest BCUT2D eigenvalue weighted by Gasteiger charge is -2.27. The molecule has 1 aliphatic rings. The third-order valence-electron chi connectivity index (χ3n) is 5.18. The lowest BCUT2D eigenvalue weighted by molar-refractivity contribution is -0.0168. The first-order chi connectivity index (χ1) is 13.1. The van der Waals surface area contributed by atoms with Gasteiger partial charge in [-0.25, -0.2) is 0 Å². The Kier molecular flexibility index (Phi) is 6.72. The summed E-state index contributed by atoms with van der Waals surface area (Å²) in [6.07, 6.45) is 2.35. The standard InChI is InChI=1S/C22H29NO4/c1-26-21-9-8-18(14-19(21)16-24)15-23-12-5-10-22(25,11-13-23)17-27-20-6-3-2-4-7-20/h2-4,6-9,14,24-25H,5,10-13,15-17H2,1H3. The summed E-state index contributed by atoms with van der Waals surface area (Å²) in [7, 11) is 1.61. The van der Waals surface area contributed by atoms with Crippen LogP contribution in [-0.4, -0.2) is 47.5 Å². The van der Waals surface area contributed by atoms with E-state index in [4.69, 9.17) is 9.47 Å². The Morgan fingerprint density at radius 2 is 1.89 bits per heavy atom. The second-order valence-corrected chi connectivity index (χ2v) is 7.26. The number of benzene rings is 2. The van der Waals surface area contributed by atoms with Crippen molar-refractivity contribution < 1.29 is 19.7 Å². The summed E-state index contributed by atoms with van der Waals surface area (Å²) >= 11 is 0. The Bertz CT molecular complexity index is 722. The second-order valence-electron chi connectivity index (χ2n) is 7.26. The Morgan fingerprint density at radius 1 is 1.07 bits per heavy atom. The van der Waals surface area contributed by atoms with Crippen LogP contribution in [0.15, 0.2) is 48.5 Å². The van der Waals surface area contributed by atoms with Gasteiger partial charge in [0.25, 0.3) is 0 Å².